The second kappa shape index (κ2) is 23.9. The Hall–Kier alpha value is -0.380. The molecule has 0 bridgehead atoms. The van der Waals surface area contributed by atoms with Crippen LogP contribution >= 0.6 is 0 Å². The lowest BCUT2D eigenvalue weighted by Crippen LogP contribution is -2.31. The smallest absolute Gasteiger partial charge is 0.0640 e. The van der Waals surface area contributed by atoms with Crippen LogP contribution in [-0.4, -0.2) is 32.5 Å². The van der Waals surface area contributed by atoms with E-state index in [-0.39, 0.29) is 6.04 Å². The SMILES string of the molecule is C=CCCCCOCC(N)COCCCCC(CCCCCC)CCCCCC. The molecule has 174 valence electrons. The third-order valence-electron chi connectivity index (χ3n) is 5.69. The average molecular weight is 412 g/mol. The van der Waals surface area contributed by atoms with Crippen molar-refractivity contribution in [2.24, 2.45) is 11.7 Å². The maximum atomic E-state index is 6.07. The van der Waals surface area contributed by atoms with E-state index in [0.717, 1.165) is 44.8 Å². The van der Waals surface area contributed by atoms with E-state index in [1.54, 1.807) is 0 Å². The van der Waals surface area contributed by atoms with Crippen LogP contribution in [0.15, 0.2) is 12.7 Å². The van der Waals surface area contributed by atoms with Crippen molar-refractivity contribution in [1.29, 1.82) is 0 Å². The summed E-state index contributed by atoms with van der Waals surface area (Å²) in [6, 6.07) is -0.000663. The summed E-state index contributed by atoms with van der Waals surface area (Å²) in [7, 11) is 0. The normalized spacial score (nSPS) is 12.6. The highest BCUT2D eigenvalue weighted by atomic mass is 16.5. The number of hydrogen-bond acceptors (Lipinski definition) is 3. The molecule has 1 unspecified atom stereocenters. The molecule has 0 saturated heterocycles. The quantitative estimate of drug-likeness (QED) is 0.133. The van der Waals surface area contributed by atoms with Gasteiger partial charge < -0.3 is 15.2 Å². The fourth-order valence-electron chi connectivity index (χ4n) is 3.80. The number of hydrogen-bond donors (Lipinski definition) is 1. The number of allylic oxidation sites excluding steroid dienone is 1. The van der Waals surface area contributed by atoms with Gasteiger partial charge >= 0.3 is 0 Å². The summed E-state index contributed by atoms with van der Waals surface area (Å²) >= 11 is 0. The number of ether oxygens (including phenoxy) is 2. The van der Waals surface area contributed by atoms with E-state index in [9.17, 15) is 0 Å². The van der Waals surface area contributed by atoms with E-state index < -0.39 is 0 Å². The Balaban J connectivity index is 3.67. The molecular formula is C26H53NO2. The highest BCUT2D eigenvalue weighted by Gasteiger charge is 2.09. The molecule has 3 nitrogen and oxygen atoms in total. The fourth-order valence-corrected chi connectivity index (χ4v) is 3.80. The van der Waals surface area contributed by atoms with E-state index in [2.05, 4.69) is 20.4 Å². The molecule has 0 aromatic heterocycles. The largest absolute Gasteiger partial charge is 0.380 e. The minimum atomic E-state index is -0.000663. The summed E-state index contributed by atoms with van der Waals surface area (Å²) in [5.41, 5.74) is 6.07. The molecule has 29 heavy (non-hydrogen) atoms. The van der Waals surface area contributed by atoms with Gasteiger partial charge in [0.15, 0.2) is 0 Å². The first kappa shape index (κ1) is 28.6. The third-order valence-corrected chi connectivity index (χ3v) is 5.69. The van der Waals surface area contributed by atoms with Crippen LogP contribution in [0.2, 0.25) is 0 Å². The van der Waals surface area contributed by atoms with E-state index in [1.807, 2.05) is 6.08 Å². The second-order valence-electron chi connectivity index (χ2n) is 8.75. The third kappa shape index (κ3) is 22.1. The van der Waals surface area contributed by atoms with Gasteiger partial charge in [-0.25, -0.2) is 0 Å². The fraction of sp³-hybridized carbons (Fsp3) is 0.923. The van der Waals surface area contributed by atoms with Gasteiger partial charge in [-0.15, -0.1) is 6.58 Å². The van der Waals surface area contributed by atoms with E-state index in [1.165, 1.54) is 77.0 Å². The summed E-state index contributed by atoms with van der Waals surface area (Å²) in [4.78, 5) is 0. The molecule has 0 aliphatic rings. The minimum Gasteiger partial charge on any atom is -0.380 e. The van der Waals surface area contributed by atoms with E-state index >= 15 is 0 Å². The van der Waals surface area contributed by atoms with Gasteiger partial charge in [-0.3, -0.25) is 0 Å². The van der Waals surface area contributed by atoms with Crippen LogP contribution in [0.3, 0.4) is 0 Å². The van der Waals surface area contributed by atoms with Crippen LogP contribution in [0.5, 0.6) is 0 Å². The molecule has 0 saturated carbocycles. The first-order valence-corrected chi connectivity index (χ1v) is 12.8. The van der Waals surface area contributed by atoms with Gasteiger partial charge in [-0.1, -0.05) is 97.0 Å². The van der Waals surface area contributed by atoms with Crippen molar-refractivity contribution in [3.63, 3.8) is 0 Å². The molecule has 0 aromatic rings. The first-order valence-electron chi connectivity index (χ1n) is 12.8. The predicted octanol–water partition coefficient (Wildman–Crippen LogP) is 7.43. The van der Waals surface area contributed by atoms with E-state index in [0.29, 0.717) is 13.2 Å². The van der Waals surface area contributed by atoms with Gasteiger partial charge in [-0.05, 0) is 31.6 Å². The highest BCUT2D eigenvalue weighted by molar-refractivity contribution is 4.65. The molecular weight excluding hydrogens is 358 g/mol. The molecule has 0 aliphatic carbocycles. The topological polar surface area (TPSA) is 44.5 Å². The van der Waals surface area contributed by atoms with Crippen molar-refractivity contribution >= 4 is 0 Å². The Kier molecular flexibility index (Phi) is 23.6. The Morgan fingerprint density at radius 1 is 0.690 bits per heavy atom. The average Bonchev–Trinajstić information content (AvgIpc) is 2.72. The molecule has 0 aromatic carbocycles. The summed E-state index contributed by atoms with van der Waals surface area (Å²) in [6.45, 7) is 11.2. The lowest BCUT2D eigenvalue weighted by atomic mass is 9.90. The zero-order valence-corrected chi connectivity index (χ0v) is 20.0. The van der Waals surface area contributed by atoms with Crippen LogP contribution < -0.4 is 5.73 Å². The Bertz CT molecular complexity index is 310. The van der Waals surface area contributed by atoms with Crippen molar-refractivity contribution in [1.82, 2.24) is 0 Å². The van der Waals surface area contributed by atoms with Crippen LogP contribution in [-0.2, 0) is 9.47 Å². The first-order chi connectivity index (χ1) is 14.2. The lowest BCUT2D eigenvalue weighted by molar-refractivity contribution is 0.0643. The van der Waals surface area contributed by atoms with Crippen LogP contribution in [0.1, 0.15) is 117 Å². The van der Waals surface area contributed by atoms with Gasteiger partial charge in [0.2, 0.25) is 0 Å². The van der Waals surface area contributed by atoms with Crippen LogP contribution in [0.4, 0.5) is 0 Å². The van der Waals surface area contributed by atoms with Crippen molar-refractivity contribution in [3.8, 4) is 0 Å². The molecule has 0 spiro atoms. The van der Waals surface area contributed by atoms with Crippen molar-refractivity contribution in [2.75, 3.05) is 26.4 Å². The zero-order valence-electron chi connectivity index (χ0n) is 20.0. The standard InChI is InChI=1S/C26H53NO2/c1-4-7-10-13-18-25(19-14-11-8-5-2)20-15-17-22-29-24-26(27)23-28-21-16-12-9-6-3/h6,25-26H,3-5,7-24,27H2,1-2H3. The van der Waals surface area contributed by atoms with E-state index in [4.69, 9.17) is 15.2 Å². The van der Waals surface area contributed by atoms with Gasteiger partial charge in [0.1, 0.15) is 0 Å². The van der Waals surface area contributed by atoms with Crippen molar-refractivity contribution < 1.29 is 9.47 Å². The van der Waals surface area contributed by atoms with Crippen molar-refractivity contribution in [3.05, 3.63) is 12.7 Å². The van der Waals surface area contributed by atoms with Crippen LogP contribution in [0, 0.1) is 5.92 Å². The predicted molar refractivity (Wildman–Crippen MR) is 129 cm³/mol. The minimum absolute atomic E-state index is 0.000663. The molecule has 0 radical (unpaired) electrons. The van der Waals surface area contributed by atoms with Gasteiger partial charge in [0.25, 0.3) is 0 Å². The Morgan fingerprint density at radius 3 is 1.66 bits per heavy atom. The van der Waals surface area contributed by atoms with Crippen molar-refractivity contribution in [2.45, 2.75) is 123 Å². The Labute approximate surface area is 183 Å². The molecule has 1 atom stereocenters. The second-order valence-corrected chi connectivity index (χ2v) is 8.75. The Morgan fingerprint density at radius 2 is 1.17 bits per heavy atom. The molecule has 2 N–H and O–H groups in total. The number of rotatable bonds is 24. The summed E-state index contributed by atoms with van der Waals surface area (Å²) in [6.07, 6.45) is 23.1. The number of nitrogens with two attached hydrogens (primary N) is 1. The molecule has 3 heteroatoms. The maximum absolute atomic E-state index is 6.07. The molecule has 0 rings (SSSR count). The zero-order chi connectivity index (χ0) is 21.4. The summed E-state index contributed by atoms with van der Waals surface area (Å²) in [5, 5.41) is 0. The lowest BCUT2D eigenvalue weighted by Gasteiger charge is -2.17. The molecule has 0 aliphatic heterocycles. The molecule has 0 amide bonds. The van der Waals surface area contributed by atoms with Gasteiger partial charge in [0.05, 0.1) is 19.3 Å². The summed E-state index contributed by atoms with van der Waals surface area (Å²) < 4.78 is 11.4. The van der Waals surface area contributed by atoms with Gasteiger partial charge in [-0.2, -0.15) is 0 Å². The maximum Gasteiger partial charge on any atom is 0.0640 e. The monoisotopic (exact) mass is 411 g/mol. The molecule has 0 fully saturated rings. The highest BCUT2D eigenvalue weighted by Crippen LogP contribution is 2.23. The van der Waals surface area contributed by atoms with Crippen LogP contribution in [0.25, 0.3) is 0 Å². The van der Waals surface area contributed by atoms with Gasteiger partial charge in [0, 0.05) is 13.2 Å². The molecule has 0 heterocycles. The summed E-state index contributed by atoms with van der Waals surface area (Å²) in [5.74, 6) is 0.931. The number of unbranched alkanes of at least 4 members (excludes halogenated alkanes) is 9.